The Bertz CT molecular complexity index is 3070. The van der Waals surface area contributed by atoms with Crippen LogP contribution in [0.15, 0.2) is 34.4 Å². The van der Waals surface area contributed by atoms with Crippen LogP contribution in [0, 0.1) is 299 Å². The van der Waals surface area contributed by atoms with Gasteiger partial charge in [-0.1, -0.05) is 50.5 Å². The van der Waals surface area contributed by atoms with Crippen LogP contribution in [0.4, 0.5) is 0 Å². The minimum absolute atomic E-state index is 0.645. The van der Waals surface area contributed by atoms with Gasteiger partial charge in [-0.05, 0) is 324 Å². The number of allylic oxidation sites excluding steroid dienone is 6. The second-order valence-electron chi connectivity index (χ2n) is 34.8. The van der Waals surface area contributed by atoms with Gasteiger partial charge in [0.2, 0.25) is 0 Å². The highest BCUT2D eigenvalue weighted by Gasteiger charge is 3.10. The fourth-order valence-electron chi connectivity index (χ4n) is 44.3. The van der Waals surface area contributed by atoms with E-state index in [1.807, 2.05) is 6.42 Å². The first-order valence-corrected chi connectivity index (χ1v) is 30.8. The molecule has 51 atom stereocenters. The molecule has 0 aromatic heterocycles. The molecule has 0 amide bonds. The molecule has 2 bridgehead atoms. The van der Waals surface area contributed by atoms with Gasteiger partial charge in [0.15, 0.2) is 0 Å². The highest BCUT2D eigenvalue weighted by Crippen LogP contribution is 3.13. The van der Waals surface area contributed by atoms with E-state index in [1.54, 1.807) is 19.3 Å². The Morgan fingerprint density at radius 2 is 1.14 bits per heavy atom. The first-order valence-electron chi connectivity index (χ1n) is 30.8. The number of rotatable bonds is 2. The lowest BCUT2D eigenvalue weighted by atomic mass is 9.06. The molecule has 320 valence electrons. The number of hydrogen-bond donors (Lipinski definition) is 0. The van der Waals surface area contributed by atoms with Gasteiger partial charge in [-0.3, -0.25) is 0 Å². The van der Waals surface area contributed by atoms with Gasteiger partial charge in [-0.15, -0.1) is 0 Å². The quantitative estimate of drug-likeness (QED) is 0.243. The molecule has 4 spiro atoms. The molecule has 24 saturated carbocycles. The van der Waals surface area contributed by atoms with Crippen molar-refractivity contribution in [2.75, 3.05) is 0 Å². The van der Waals surface area contributed by atoms with Crippen LogP contribution in [0.3, 0.4) is 0 Å². The average Bonchev–Trinajstić information content (AvgIpc) is 3.99. The summed E-state index contributed by atoms with van der Waals surface area (Å²) in [6.45, 7) is 9.05. The van der Waals surface area contributed by atoms with Crippen molar-refractivity contribution in [3.63, 3.8) is 0 Å². The van der Waals surface area contributed by atoms with Gasteiger partial charge < -0.3 is 0 Å². The van der Waals surface area contributed by atoms with Gasteiger partial charge in [0.25, 0.3) is 0 Å². The average molecular weight is 833 g/mol. The second kappa shape index (κ2) is 6.58. The van der Waals surface area contributed by atoms with Crippen molar-refractivity contribution in [1.29, 1.82) is 0 Å². The highest BCUT2D eigenvalue weighted by atomic mass is 15.1. The summed E-state index contributed by atoms with van der Waals surface area (Å²) in [5.74, 6) is 53.2. The van der Waals surface area contributed by atoms with E-state index in [-0.39, 0.29) is 0 Å². The zero-order valence-electron chi connectivity index (χ0n) is 38.0. The fraction of sp³-hybridized carbons (Fsp3) is 0.906. The third kappa shape index (κ3) is 1.52. The maximum atomic E-state index is 3.49. The predicted octanol–water partition coefficient (Wildman–Crippen LogP) is 9.81. The Hall–Kier alpha value is -0.780. The van der Waals surface area contributed by atoms with Crippen molar-refractivity contribution in [1.82, 2.24) is 0 Å². The first-order chi connectivity index (χ1) is 31.6. The van der Waals surface area contributed by atoms with Gasteiger partial charge in [0.05, 0.1) is 0 Å². The summed E-state index contributed by atoms with van der Waals surface area (Å²) in [5, 5.41) is 0. The summed E-state index contributed by atoms with van der Waals surface area (Å²) in [6.07, 6.45) is 13.8. The van der Waals surface area contributed by atoms with E-state index in [0.29, 0.717) is 16.2 Å². The van der Waals surface area contributed by atoms with Crippen LogP contribution >= 0.6 is 0 Å². The number of fused-ring (bicyclic) bond motifs is 25. The van der Waals surface area contributed by atoms with Gasteiger partial charge in [0.1, 0.15) is 0 Å². The Morgan fingerprint density at radius 3 is 2.02 bits per heavy atom. The topological polar surface area (TPSA) is 0 Å². The lowest BCUT2D eigenvalue weighted by Gasteiger charge is -2.98. The molecule has 0 radical (unpaired) electrons. The van der Waals surface area contributed by atoms with E-state index >= 15 is 0 Å². The summed E-state index contributed by atoms with van der Waals surface area (Å²) in [5.41, 5.74) is 14.1. The lowest BCUT2D eigenvalue weighted by molar-refractivity contribution is -0.513. The Balaban J connectivity index is 0.897. The summed E-state index contributed by atoms with van der Waals surface area (Å²) in [6, 6.07) is 0. The van der Waals surface area contributed by atoms with Crippen molar-refractivity contribution < 1.29 is 0 Å². The van der Waals surface area contributed by atoms with Gasteiger partial charge >= 0.3 is 0 Å². The molecule has 0 N–H and O–H groups in total. The minimum atomic E-state index is 0.645. The van der Waals surface area contributed by atoms with Crippen LogP contribution in [-0.4, -0.2) is 0 Å². The van der Waals surface area contributed by atoms with Crippen LogP contribution < -0.4 is 0 Å². The molecule has 0 saturated heterocycles. The SMILES string of the molecule is CCC1(C)C2C3C4C5C6C7=C8C9=C%10C%11C6C4C34C2C2C3C6C4[C@H]%11C4C36C=C[C@@H]3C6C%11C%12C%13CC%14C%15C%16C%17C(CC(C8C%17C9C%14C%104C%136)[C@H]75)C%16C4C%15C%12C5C4C4C5C%11C5C4C4(CC)C1C2C534. The molecular formula is C64H64. The molecule has 48 unspecified atom stereocenters. The van der Waals surface area contributed by atoms with E-state index in [1.165, 1.54) is 189 Å². The van der Waals surface area contributed by atoms with Crippen molar-refractivity contribution in [3.05, 3.63) is 34.4 Å². The smallest absolute Gasteiger partial charge is 0.00314 e. The highest BCUT2D eigenvalue weighted by molar-refractivity contribution is 5.70. The largest absolute Gasteiger partial charge is 0.0839 e. The zero-order chi connectivity index (χ0) is 38.5. The zero-order valence-corrected chi connectivity index (χ0v) is 38.0. The van der Waals surface area contributed by atoms with Crippen molar-refractivity contribution in [3.8, 4) is 0 Å². The van der Waals surface area contributed by atoms with E-state index in [2.05, 4.69) is 55.2 Å². The molecule has 0 heteroatoms. The fourth-order valence-corrected chi connectivity index (χ4v) is 44.3. The van der Waals surface area contributed by atoms with Gasteiger partial charge in [-0.25, -0.2) is 0 Å². The first kappa shape index (κ1) is 28.8. The molecule has 28 aliphatic rings. The molecular weight excluding hydrogens is 769 g/mol. The Kier molecular flexibility index (Phi) is 2.96. The normalized spacial score (nSPS) is 98.0. The monoisotopic (exact) mass is 833 g/mol. The maximum Gasteiger partial charge on any atom is 0.00314 e. The molecule has 0 heterocycles. The van der Waals surface area contributed by atoms with Gasteiger partial charge in [-0.2, -0.15) is 0 Å². The lowest BCUT2D eigenvalue weighted by Crippen LogP contribution is -2.95. The molecule has 28 aliphatic carbocycles. The van der Waals surface area contributed by atoms with Crippen LogP contribution in [0.25, 0.3) is 0 Å². The summed E-state index contributed by atoms with van der Waals surface area (Å²) >= 11 is 0. The third-order valence-electron chi connectivity index (χ3n) is 39.9. The Morgan fingerprint density at radius 1 is 0.438 bits per heavy atom. The summed E-state index contributed by atoms with van der Waals surface area (Å²) in [4.78, 5) is 0. The second-order valence-corrected chi connectivity index (χ2v) is 34.8. The van der Waals surface area contributed by atoms with E-state index in [4.69, 9.17) is 0 Å². The van der Waals surface area contributed by atoms with Crippen LogP contribution in [-0.2, 0) is 0 Å². The van der Waals surface area contributed by atoms with E-state index in [0.717, 1.165) is 93.2 Å². The van der Waals surface area contributed by atoms with E-state index < -0.39 is 0 Å². The third-order valence-corrected chi connectivity index (χ3v) is 39.9. The van der Waals surface area contributed by atoms with Gasteiger partial charge in [0, 0.05) is 5.41 Å². The molecule has 64 heavy (non-hydrogen) atoms. The molecule has 0 aromatic carbocycles. The molecule has 0 aliphatic heterocycles. The van der Waals surface area contributed by atoms with Crippen LogP contribution in [0.2, 0.25) is 0 Å². The molecule has 0 aromatic rings. The van der Waals surface area contributed by atoms with Crippen molar-refractivity contribution >= 4 is 0 Å². The predicted molar refractivity (Wildman–Crippen MR) is 230 cm³/mol. The number of hydrogen-bond acceptors (Lipinski definition) is 0. The summed E-state index contributed by atoms with van der Waals surface area (Å²) < 4.78 is 0. The van der Waals surface area contributed by atoms with Crippen molar-refractivity contribution in [2.45, 2.75) is 46.5 Å². The molecule has 28 rings (SSSR count). The van der Waals surface area contributed by atoms with Crippen molar-refractivity contribution in [2.24, 2.45) is 299 Å². The van der Waals surface area contributed by atoms with E-state index in [9.17, 15) is 0 Å². The standard InChI is InChI=1S/C64H64/c1-4-59(3)55-50-41-30-18-11-8-10-15-22-16(10)25-27-19(22)13-9-12-20-24-21-14-6-7-60-48-43(54-58(59)61(5-2)49-35-33(25)31(28(20)27)34(35)36(24)53(49)64(14,54)61)52(55)62(50)47(41)39-32(30)26(18)29-17(11)23(15)37-38(29)46-40(39)42(51(62)56(48)60)57(60)63(46,44(12)21)45(13)37/h6-7,10-25,27-28,30-37,39-45,47-58H,4-5,8-9H2,1-3H3/t10?,11?,12?,13?,14-,15?,16?,17?,18-,19?,20?,21?,22?,23?,24?,25?,27?,28?,30?,31?,32?,33?,34?,35?,36?,37?,39?,40?,41?,42+,43?,44?,45?,47?,48?,49?,50?,51?,52?,53?,54?,55?,56?,57?,58?,59?,60?,61?,62?,63?,64?/m1/s1. The Labute approximate surface area is 377 Å². The minimum Gasteiger partial charge on any atom is -0.0839 e. The summed E-state index contributed by atoms with van der Waals surface area (Å²) in [7, 11) is 0. The molecule has 0 nitrogen and oxygen atoms in total. The molecule has 24 fully saturated rings. The van der Waals surface area contributed by atoms with Crippen LogP contribution in [0.5, 0.6) is 0 Å². The maximum absolute atomic E-state index is 3.49. The van der Waals surface area contributed by atoms with Crippen LogP contribution in [0.1, 0.15) is 46.5 Å².